The van der Waals surface area contributed by atoms with Gasteiger partial charge in [-0.05, 0) is 42.5 Å². The first-order valence-corrected chi connectivity index (χ1v) is 9.32. The molecule has 1 aromatic rings. The molecule has 1 fully saturated rings. The number of nitrogens with zero attached hydrogens (tertiary/aromatic N) is 1. The van der Waals surface area contributed by atoms with E-state index < -0.39 is 10.0 Å². The topological polar surface area (TPSA) is 63.4 Å². The van der Waals surface area contributed by atoms with E-state index >= 15 is 0 Å². The van der Waals surface area contributed by atoms with Crippen molar-refractivity contribution in [2.24, 2.45) is 5.73 Å². The summed E-state index contributed by atoms with van der Waals surface area (Å²) in [6.45, 7) is 4.88. The third-order valence-electron chi connectivity index (χ3n) is 4.43. The number of sulfonamides is 1. The lowest BCUT2D eigenvalue weighted by Gasteiger charge is -2.27. The summed E-state index contributed by atoms with van der Waals surface area (Å²) < 4.78 is 27.5. The summed E-state index contributed by atoms with van der Waals surface area (Å²) in [6.07, 6.45) is 5.07. The van der Waals surface area contributed by atoms with Crippen LogP contribution < -0.4 is 5.73 Å². The van der Waals surface area contributed by atoms with Crippen molar-refractivity contribution < 1.29 is 8.42 Å². The van der Waals surface area contributed by atoms with E-state index in [1.807, 2.05) is 13.0 Å². The molecule has 0 atom stereocenters. The Morgan fingerprint density at radius 1 is 1.19 bits per heavy atom. The summed E-state index contributed by atoms with van der Waals surface area (Å²) in [5.41, 5.74) is 7.82. The zero-order valence-corrected chi connectivity index (χ0v) is 13.8. The van der Waals surface area contributed by atoms with Gasteiger partial charge in [-0.2, -0.15) is 4.31 Å². The van der Waals surface area contributed by atoms with Gasteiger partial charge >= 0.3 is 0 Å². The number of hydrogen-bond acceptors (Lipinski definition) is 3. The van der Waals surface area contributed by atoms with Crippen LogP contribution in [0, 0.1) is 0 Å². The predicted octanol–water partition coefficient (Wildman–Crippen LogP) is 2.66. The minimum absolute atomic E-state index is 0.159. The van der Waals surface area contributed by atoms with Crippen molar-refractivity contribution in [1.82, 2.24) is 4.31 Å². The second kappa shape index (κ2) is 6.90. The van der Waals surface area contributed by atoms with Crippen LogP contribution in [0.5, 0.6) is 0 Å². The lowest BCUT2D eigenvalue weighted by molar-refractivity contribution is 0.335. The molecular formula is C16H26N2O2S. The molecule has 0 bridgehead atoms. The molecule has 2 N–H and O–H groups in total. The van der Waals surface area contributed by atoms with Crippen LogP contribution in [0.25, 0.3) is 0 Å². The fourth-order valence-electron chi connectivity index (χ4n) is 3.25. The van der Waals surface area contributed by atoms with Crippen LogP contribution in [0.4, 0.5) is 0 Å². The van der Waals surface area contributed by atoms with Crippen molar-refractivity contribution >= 4 is 10.0 Å². The first-order valence-electron chi connectivity index (χ1n) is 7.88. The zero-order chi connectivity index (χ0) is 15.5. The predicted molar refractivity (Wildman–Crippen MR) is 85.5 cm³/mol. The molecule has 1 saturated carbocycles. The van der Waals surface area contributed by atoms with Gasteiger partial charge < -0.3 is 5.73 Å². The zero-order valence-electron chi connectivity index (χ0n) is 13.0. The Morgan fingerprint density at radius 3 is 2.38 bits per heavy atom. The van der Waals surface area contributed by atoms with Crippen molar-refractivity contribution in [3.05, 3.63) is 29.3 Å². The smallest absolute Gasteiger partial charge is 0.243 e. The summed E-state index contributed by atoms with van der Waals surface area (Å²) >= 11 is 0. The van der Waals surface area contributed by atoms with Crippen LogP contribution in [-0.2, 0) is 23.0 Å². The average molecular weight is 310 g/mol. The van der Waals surface area contributed by atoms with Crippen molar-refractivity contribution in [2.75, 3.05) is 6.54 Å². The van der Waals surface area contributed by atoms with E-state index in [0.29, 0.717) is 18.0 Å². The molecule has 0 saturated heterocycles. The molecule has 0 aliphatic heterocycles. The van der Waals surface area contributed by atoms with Gasteiger partial charge in [0.15, 0.2) is 0 Å². The number of aryl methyl sites for hydroxylation is 1. The van der Waals surface area contributed by atoms with Gasteiger partial charge in [-0.3, -0.25) is 0 Å². The third kappa shape index (κ3) is 3.30. The van der Waals surface area contributed by atoms with Gasteiger partial charge in [0.1, 0.15) is 0 Å². The van der Waals surface area contributed by atoms with Gasteiger partial charge in [0.05, 0.1) is 4.90 Å². The Labute approximate surface area is 128 Å². The molecule has 1 aromatic carbocycles. The maximum absolute atomic E-state index is 12.9. The molecule has 0 unspecified atom stereocenters. The lowest BCUT2D eigenvalue weighted by Crippen LogP contribution is -2.38. The summed E-state index contributed by atoms with van der Waals surface area (Å²) in [5.74, 6) is 0. The molecule has 2 rings (SSSR count). The lowest BCUT2D eigenvalue weighted by atomic mass is 10.1. The van der Waals surface area contributed by atoms with Crippen LogP contribution in [-0.4, -0.2) is 25.3 Å². The molecule has 1 aliphatic rings. The van der Waals surface area contributed by atoms with E-state index in [4.69, 9.17) is 5.73 Å². The van der Waals surface area contributed by atoms with Crippen molar-refractivity contribution in [3.63, 3.8) is 0 Å². The molecule has 0 radical (unpaired) electrons. The van der Waals surface area contributed by atoms with E-state index in [2.05, 4.69) is 6.92 Å². The SMILES string of the molecule is CCc1ccc(S(=O)(=O)N(CC)C2CCCC2)cc1CN. The number of rotatable bonds is 6. The van der Waals surface area contributed by atoms with Gasteiger partial charge in [0, 0.05) is 19.1 Å². The average Bonchev–Trinajstić information content (AvgIpc) is 3.00. The van der Waals surface area contributed by atoms with Crippen LogP contribution in [0.1, 0.15) is 50.7 Å². The Kier molecular flexibility index (Phi) is 5.41. The highest BCUT2D eigenvalue weighted by atomic mass is 32.2. The molecule has 0 spiro atoms. The van der Waals surface area contributed by atoms with Gasteiger partial charge in [0.2, 0.25) is 10.0 Å². The van der Waals surface area contributed by atoms with Crippen LogP contribution >= 0.6 is 0 Å². The van der Waals surface area contributed by atoms with Crippen LogP contribution in [0.3, 0.4) is 0 Å². The van der Waals surface area contributed by atoms with E-state index in [-0.39, 0.29) is 6.04 Å². The highest BCUT2D eigenvalue weighted by Crippen LogP contribution is 2.29. The van der Waals surface area contributed by atoms with E-state index in [1.54, 1.807) is 16.4 Å². The summed E-state index contributed by atoms with van der Waals surface area (Å²) in [6, 6.07) is 5.54. The Morgan fingerprint density at radius 2 is 1.86 bits per heavy atom. The maximum Gasteiger partial charge on any atom is 0.243 e. The first kappa shape index (κ1) is 16.5. The van der Waals surface area contributed by atoms with Crippen molar-refractivity contribution in [1.29, 1.82) is 0 Å². The molecule has 5 heteroatoms. The normalized spacial score (nSPS) is 16.8. The van der Waals surface area contributed by atoms with Gasteiger partial charge in [0.25, 0.3) is 0 Å². The number of benzene rings is 1. The second-order valence-corrected chi connectivity index (χ2v) is 7.53. The van der Waals surface area contributed by atoms with Gasteiger partial charge in [-0.25, -0.2) is 8.42 Å². The van der Waals surface area contributed by atoms with Crippen molar-refractivity contribution in [2.45, 2.75) is 63.4 Å². The highest BCUT2D eigenvalue weighted by Gasteiger charge is 2.32. The maximum atomic E-state index is 12.9. The fraction of sp³-hybridized carbons (Fsp3) is 0.625. The van der Waals surface area contributed by atoms with Gasteiger partial charge in [-0.1, -0.05) is 32.8 Å². The first-order chi connectivity index (χ1) is 10.0. The molecular weight excluding hydrogens is 284 g/mol. The monoisotopic (exact) mass is 310 g/mol. The van der Waals surface area contributed by atoms with E-state index in [9.17, 15) is 8.42 Å². The molecule has 0 heterocycles. The standard InChI is InChI=1S/C16H26N2O2S/c1-3-13-9-10-16(11-14(13)12-17)21(19,20)18(4-2)15-7-5-6-8-15/h9-11,15H,3-8,12,17H2,1-2H3. The molecule has 1 aliphatic carbocycles. The number of hydrogen-bond donors (Lipinski definition) is 1. The van der Waals surface area contributed by atoms with Crippen LogP contribution in [0.2, 0.25) is 0 Å². The summed E-state index contributed by atoms with van der Waals surface area (Å²) in [4.78, 5) is 0.383. The minimum atomic E-state index is -3.41. The Balaban J connectivity index is 2.37. The largest absolute Gasteiger partial charge is 0.326 e. The molecule has 21 heavy (non-hydrogen) atoms. The quantitative estimate of drug-likeness (QED) is 0.878. The van der Waals surface area contributed by atoms with Gasteiger partial charge in [-0.15, -0.1) is 0 Å². The minimum Gasteiger partial charge on any atom is -0.326 e. The van der Waals surface area contributed by atoms with Crippen molar-refractivity contribution in [3.8, 4) is 0 Å². The van der Waals surface area contributed by atoms with Crippen LogP contribution in [0.15, 0.2) is 23.1 Å². The van der Waals surface area contributed by atoms with E-state index in [1.165, 1.54) is 0 Å². The molecule has 0 aromatic heterocycles. The highest BCUT2D eigenvalue weighted by molar-refractivity contribution is 7.89. The summed E-state index contributed by atoms with van der Waals surface area (Å²) in [7, 11) is -3.41. The fourth-order valence-corrected chi connectivity index (χ4v) is 4.99. The third-order valence-corrected chi connectivity index (χ3v) is 6.45. The molecule has 118 valence electrons. The Bertz CT molecular complexity index is 578. The number of nitrogens with two attached hydrogens (primary N) is 1. The Hall–Kier alpha value is -0.910. The summed E-state index contributed by atoms with van der Waals surface area (Å²) in [5, 5.41) is 0. The second-order valence-electron chi connectivity index (χ2n) is 5.63. The molecule has 0 amide bonds. The molecule has 4 nitrogen and oxygen atoms in total. The van der Waals surface area contributed by atoms with E-state index in [0.717, 1.165) is 43.2 Å².